The second-order valence-electron chi connectivity index (χ2n) is 5.39. The quantitative estimate of drug-likeness (QED) is 0.846. The highest BCUT2D eigenvalue weighted by atomic mass is 16.2. The number of amides is 1. The maximum atomic E-state index is 12.9. The van der Waals surface area contributed by atoms with Crippen LogP contribution in [0.15, 0.2) is 42.9 Å². The minimum atomic E-state index is 0.0544. The fraction of sp³-hybridized carbons (Fsp3) is 0.353. The summed E-state index contributed by atoms with van der Waals surface area (Å²) < 4.78 is 0. The van der Waals surface area contributed by atoms with E-state index < -0.39 is 0 Å². The number of rotatable bonds is 5. The van der Waals surface area contributed by atoms with Gasteiger partial charge in [0.25, 0.3) is 5.91 Å². The van der Waals surface area contributed by atoms with Crippen molar-refractivity contribution < 1.29 is 4.79 Å². The second-order valence-corrected chi connectivity index (χ2v) is 5.39. The molecule has 0 saturated heterocycles. The third-order valence-electron chi connectivity index (χ3n) is 3.80. The van der Waals surface area contributed by atoms with Gasteiger partial charge >= 0.3 is 0 Å². The Morgan fingerprint density at radius 1 is 1.29 bits per heavy atom. The molecule has 1 heterocycles. The molecule has 4 nitrogen and oxygen atoms in total. The molecular weight excluding hydrogens is 262 g/mol. The van der Waals surface area contributed by atoms with Gasteiger partial charge in [-0.3, -0.25) is 4.79 Å². The number of hydrogen-bond acceptors (Lipinski definition) is 3. The highest BCUT2D eigenvalue weighted by Gasteiger charge is 2.33. The van der Waals surface area contributed by atoms with Crippen molar-refractivity contribution in [3.63, 3.8) is 0 Å². The molecule has 1 amide bonds. The maximum absolute atomic E-state index is 12.9. The lowest BCUT2D eigenvalue weighted by Crippen LogP contribution is -2.33. The third-order valence-corrected chi connectivity index (χ3v) is 3.80. The molecule has 1 fully saturated rings. The van der Waals surface area contributed by atoms with Crippen molar-refractivity contribution in [2.75, 3.05) is 0 Å². The Kier molecular flexibility index (Phi) is 3.95. The monoisotopic (exact) mass is 281 g/mol. The van der Waals surface area contributed by atoms with E-state index in [0.29, 0.717) is 18.2 Å². The molecule has 0 spiro atoms. The van der Waals surface area contributed by atoms with Crippen molar-refractivity contribution in [3.8, 4) is 0 Å². The summed E-state index contributed by atoms with van der Waals surface area (Å²) in [6.45, 7) is 2.67. The second kappa shape index (κ2) is 6.04. The van der Waals surface area contributed by atoms with Crippen LogP contribution in [0.4, 0.5) is 0 Å². The molecule has 0 aliphatic heterocycles. The third kappa shape index (κ3) is 3.10. The molecule has 1 aliphatic carbocycles. The first-order valence-electron chi connectivity index (χ1n) is 7.43. The number of aryl methyl sites for hydroxylation is 1. The van der Waals surface area contributed by atoms with Gasteiger partial charge in [-0.2, -0.15) is 0 Å². The molecule has 0 bridgehead atoms. The summed E-state index contributed by atoms with van der Waals surface area (Å²) in [4.78, 5) is 23.1. The summed E-state index contributed by atoms with van der Waals surface area (Å²) in [6.07, 6.45) is 6.08. The first-order chi connectivity index (χ1) is 10.3. The van der Waals surface area contributed by atoms with Crippen LogP contribution < -0.4 is 0 Å². The lowest BCUT2D eigenvalue weighted by atomic mass is 10.1. The molecule has 21 heavy (non-hydrogen) atoms. The summed E-state index contributed by atoms with van der Waals surface area (Å²) in [5.41, 5.74) is 2.63. The zero-order valence-electron chi connectivity index (χ0n) is 12.2. The molecule has 0 N–H and O–H groups in total. The van der Waals surface area contributed by atoms with Crippen LogP contribution in [-0.2, 0) is 13.0 Å². The average molecular weight is 281 g/mol. The van der Waals surface area contributed by atoms with Crippen LogP contribution in [0.25, 0.3) is 0 Å². The van der Waals surface area contributed by atoms with Crippen LogP contribution in [0, 0.1) is 0 Å². The van der Waals surface area contributed by atoms with Crippen molar-refractivity contribution >= 4 is 5.91 Å². The van der Waals surface area contributed by atoms with Gasteiger partial charge in [0.05, 0.1) is 11.3 Å². The van der Waals surface area contributed by atoms with Crippen LogP contribution in [0.3, 0.4) is 0 Å². The van der Waals surface area contributed by atoms with E-state index in [4.69, 9.17) is 0 Å². The lowest BCUT2D eigenvalue weighted by Gasteiger charge is -2.23. The molecular formula is C17H19N3O. The van der Waals surface area contributed by atoms with Crippen molar-refractivity contribution in [3.05, 3.63) is 59.7 Å². The summed E-state index contributed by atoms with van der Waals surface area (Å²) >= 11 is 0. The lowest BCUT2D eigenvalue weighted by molar-refractivity contribution is 0.0728. The molecule has 0 radical (unpaired) electrons. The zero-order valence-corrected chi connectivity index (χ0v) is 12.2. The predicted molar refractivity (Wildman–Crippen MR) is 80.7 cm³/mol. The Bertz CT molecular complexity index is 623. The zero-order chi connectivity index (χ0) is 14.7. The first-order valence-corrected chi connectivity index (χ1v) is 7.43. The topological polar surface area (TPSA) is 46.1 Å². The predicted octanol–water partition coefficient (Wildman–Crippen LogP) is 2.84. The Hall–Kier alpha value is -2.23. The van der Waals surface area contributed by atoms with E-state index in [1.807, 2.05) is 30.0 Å². The van der Waals surface area contributed by atoms with Gasteiger partial charge in [-0.1, -0.05) is 37.3 Å². The van der Waals surface area contributed by atoms with Crippen molar-refractivity contribution in [2.45, 2.75) is 38.8 Å². The minimum Gasteiger partial charge on any atom is -0.331 e. The summed E-state index contributed by atoms with van der Waals surface area (Å²) in [5, 5.41) is 0. The highest BCUT2D eigenvalue weighted by Crippen LogP contribution is 2.30. The molecule has 108 valence electrons. The molecule has 4 heteroatoms. The molecule has 1 aliphatic rings. The van der Waals surface area contributed by atoms with Crippen molar-refractivity contribution in [2.24, 2.45) is 0 Å². The normalized spacial score (nSPS) is 14.0. The smallest absolute Gasteiger partial charge is 0.257 e. The fourth-order valence-corrected chi connectivity index (χ4v) is 2.50. The number of nitrogens with zero attached hydrogens (tertiary/aromatic N) is 3. The number of carbonyl (C=O) groups is 1. The van der Waals surface area contributed by atoms with E-state index in [2.05, 4.69) is 22.1 Å². The largest absolute Gasteiger partial charge is 0.331 e. The van der Waals surface area contributed by atoms with Crippen LogP contribution in [0.1, 0.15) is 41.4 Å². The molecule has 1 saturated carbocycles. The fourth-order valence-electron chi connectivity index (χ4n) is 2.50. The standard InChI is InChI=1S/C17H19N3O/c1-2-16-15(10-18-12-19-16)17(21)20(14-8-9-14)11-13-6-4-3-5-7-13/h3-7,10,12,14H,2,8-9,11H2,1H3. The Balaban J connectivity index is 1.85. The number of aromatic nitrogens is 2. The van der Waals surface area contributed by atoms with Gasteiger partial charge in [-0.15, -0.1) is 0 Å². The summed E-state index contributed by atoms with van der Waals surface area (Å²) in [6, 6.07) is 10.5. The average Bonchev–Trinajstić information content (AvgIpc) is 3.37. The molecule has 1 aromatic carbocycles. The van der Waals surface area contributed by atoms with Crippen LogP contribution >= 0.6 is 0 Å². The Morgan fingerprint density at radius 2 is 2.05 bits per heavy atom. The molecule has 0 unspecified atom stereocenters. The van der Waals surface area contributed by atoms with Gasteiger partial charge in [0.2, 0.25) is 0 Å². The van der Waals surface area contributed by atoms with E-state index in [1.165, 1.54) is 6.33 Å². The van der Waals surface area contributed by atoms with Gasteiger partial charge in [-0.25, -0.2) is 9.97 Å². The summed E-state index contributed by atoms with van der Waals surface area (Å²) in [5.74, 6) is 0.0544. The van der Waals surface area contributed by atoms with Crippen molar-refractivity contribution in [1.29, 1.82) is 0 Å². The van der Waals surface area contributed by atoms with E-state index in [1.54, 1.807) is 6.20 Å². The van der Waals surface area contributed by atoms with Crippen molar-refractivity contribution in [1.82, 2.24) is 14.9 Å². The van der Waals surface area contributed by atoms with E-state index in [0.717, 1.165) is 30.5 Å². The molecule has 0 atom stereocenters. The van der Waals surface area contributed by atoms with Gasteiger partial charge in [0.1, 0.15) is 6.33 Å². The molecule has 1 aromatic heterocycles. The maximum Gasteiger partial charge on any atom is 0.257 e. The summed E-state index contributed by atoms with van der Waals surface area (Å²) in [7, 11) is 0. The number of benzene rings is 1. The van der Waals surface area contributed by atoms with E-state index in [9.17, 15) is 4.79 Å². The highest BCUT2D eigenvalue weighted by molar-refractivity contribution is 5.95. The number of carbonyl (C=O) groups excluding carboxylic acids is 1. The first kappa shape index (κ1) is 13.7. The SMILES string of the molecule is CCc1ncncc1C(=O)N(Cc1ccccc1)C1CC1. The Labute approximate surface area is 124 Å². The minimum absolute atomic E-state index is 0.0544. The number of hydrogen-bond donors (Lipinski definition) is 0. The van der Waals surface area contributed by atoms with Gasteiger partial charge < -0.3 is 4.90 Å². The van der Waals surface area contributed by atoms with Crippen LogP contribution in [0.5, 0.6) is 0 Å². The molecule has 3 rings (SSSR count). The van der Waals surface area contributed by atoms with Gasteiger partial charge in [-0.05, 0) is 24.8 Å². The Morgan fingerprint density at radius 3 is 2.71 bits per heavy atom. The van der Waals surface area contributed by atoms with Crippen LogP contribution in [-0.4, -0.2) is 26.8 Å². The van der Waals surface area contributed by atoms with Gasteiger partial charge in [0, 0.05) is 18.8 Å². The van der Waals surface area contributed by atoms with Crippen LogP contribution in [0.2, 0.25) is 0 Å². The van der Waals surface area contributed by atoms with Gasteiger partial charge in [0.15, 0.2) is 0 Å². The van der Waals surface area contributed by atoms with E-state index >= 15 is 0 Å². The van der Waals surface area contributed by atoms with E-state index in [-0.39, 0.29) is 5.91 Å². The molecule has 2 aromatic rings.